The Hall–Kier alpha value is -3.20. The largest absolute Gasteiger partial charge is 0.486 e. The van der Waals surface area contributed by atoms with Crippen LogP contribution in [0.25, 0.3) is 10.9 Å². The van der Waals surface area contributed by atoms with Crippen LogP contribution in [0.5, 0.6) is 5.75 Å². The average molecular weight is 362 g/mol. The summed E-state index contributed by atoms with van der Waals surface area (Å²) in [5, 5.41) is 9.61. The fraction of sp³-hybridized carbons (Fsp3) is 0.286. The summed E-state index contributed by atoms with van der Waals surface area (Å²) >= 11 is 0. The molecular weight excluding hydrogens is 343 g/mol. The Morgan fingerprint density at radius 1 is 1.22 bits per heavy atom. The van der Waals surface area contributed by atoms with Crippen molar-refractivity contribution >= 4 is 16.6 Å². The van der Waals surface area contributed by atoms with Gasteiger partial charge in [-0.15, -0.1) is 0 Å². The van der Waals surface area contributed by atoms with E-state index in [1.807, 2.05) is 19.1 Å². The second kappa shape index (κ2) is 7.20. The van der Waals surface area contributed by atoms with Gasteiger partial charge >= 0.3 is 0 Å². The Balaban J connectivity index is 1.63. The van der Waals surface area contributed by atoms with Gasteiger partial charge in [0.15, 0.2) is 11.6 Å². The maximum atomic E-state index is 14.7. The van der Waals surface area contributed by atoms with Crippen LogP contribution in [0.2, 0.25) is 0 Å². The van der Waals surface area contributed by atoms with E-state index in [1.165, 1.54) is 6.07 Å². The van der Waals surface area contributed by atoms with Crippen molar-refractivity contribution in [3.63, 3.8) is 0 Å². The minimum absolute atomic E-state index is 0.164. The van der Waals surface area contributed by atoms with Crippen LogP contribution in [0, 0.1) is 24.1 Å². The Morgan fingerprint density at radius 2 is 2.04 bits per heavy atom. The van der Waals surface area contributed by atoms with Gasteiger partial charge in [0.25, 0.3) is 0 Å². The summed E-state index contributed by atoms with van der Waals surface area (Å²) in [6.07, 6.45) is 3.88. The maximum Gasteiger partial charge on any atom is 0.165 e. The predicted octanol–water partition coefficient (Wildman–Crippen LogP) is 4.13. The number of nitrogens with zero attached hydrogens (tertiary/aromatic N) is 4. The third-order valence-electron chi connectivity index (χ3n) is 4.75. The lowest BCUT2D eigenvalue weighted by Crippen LogP contribution is -2.18. The minimum atomic E-state index is -0.407. The molecule has 2 aromatic heterocycles. The summed E-state index contributed by atoms with van der Waals surface area (Å²) < 4.78 is 20.3. The van der Waals surface area contributed by atoms with Gasteiger partial charge in [-0.05, 0) is 38.0 Å². The molecular formula is C21H19FN4O. The molecule has 4 rings (SSSR count). The topological polar surface area (TPSA) is 62.0 Å². The first-order valence-electron chi connectivity index (χ1n) is 8.98. The smallest absolute Gasteiger partial charge is 0.165 e. The highest BCUT2D eigenvalue weighted by Gasteiger charge is 2.18. The van der Waals surface area contributed by atoms with Crippen LogP contribution in [-0.4, -0.2) is 23.1 Å². The predicted molar refractivity (Wildman–Crippen MR) is 101 cm³/mol. The van der Waals surface area contributed by atoms with Gasteiger partial charge in [-0.1, -0.05) is 6.07 Å². The fourth-order valence-corrected chi connectivity index (χ4v) is 3.41. The van der Waals surface area contributed by atoms with E-state index in [1.54, 1.807) is 24.4 Å². The third-order valence-corrected chi connectivity index (χ3v) is 4.75. The summed E-state index contributed by atoms with van der Waals surface area (Å²) in [5.74, 6) is -0.243. The molecule has 27 heavy (non-hydrogen) atoms. The van der Waals surface area contributed by atoms with E-state index in [9.17, 15) is 4.39 Å². The average Bonchev–Trinajstić information content (AvgIpc) is 3.21. The molecule has 1 aliphatic rings. The van der Waals surface area contributed by atoms with Crippen LogP contribution in [0.3, 0.4) is 0 Å². The van der Waals surface area contributed by atoms with Crippen LogP contribution in [0.15, 0.2) is 36.5 Å². The number of hydrogen-bond acceptors (Lipinski definition) is 5. The lowest BCUT2D eigenvalue weighted by atomic mass is 10.1. The number of hydrogen-bond donors (Lipinski definition) is 0. The number of nitriles is 1. The molecule has 0 atom stereocenters. The monoisotopic (exact) mass is 362 g/mol. The summed E-state index contributed by atoms with van der Waals surface area (Å²) in [7, 11) is 0. The molecule has 0 saturated carbocycles. The van der Waals surface area contributed by atoms with Crippen LogP contribution in [0.4, 0.5) is 10.1 Å². The van der Waals surface area contributed by atoms with Crippen LogP contribution < -0.4 is 9.64 Å². The second-order valence-electron chi connectivity index (χ2n) is 6.73. The summed E-state index contributed by atoms with van der Waals surface area (Å²) in [6, 6.07) is 10.5. The molecule has 0 amide bonds. The van der Waals surface area contributed by atoms with Gasteiger partial charge < -0.3 is 9.64 Å². The summed E-state index contributed by atoms with van der Waals surface area (Å²) in [6.45, 7) is 4.10. The highest BCUT2D eigenvalue weighted by molar-refractivity contribution is 5.93. The van der Waals surface area contributed by atoms with Gasteiger partial charge in [-0.3, -0.25) is 4.98 Å². The molecule has 0 aliphatic carbocycles. The van der Waals surface area contributed by atoms with Crippen molar-refractivity contribution in [1.82, 2.24) is 9.97 Å². The highest BCUT2D eigenvalue weighted by Crippen LogP contribution is 2.33. The van der Waals surface area contributed by atoms with Gasteiger partial charge in [0, 0.05) is 47.7 Å². The van der Waals surface area contributed by atoms with Gasteiger partial charge in [-0.25, -0.2) is 9.37 Å². The molecule has 1 aliphatic heterocycles. The molecule has 0 radical (unpaired) electrons. The number of fused-ring (bicyclic) bond motifs is 1. The maximum absolute atomic E-state index is 14.7. The molecule has 6 heteroatoms. The van der Waals surface area contributed by atoms with Gasteiger partial charge in [0.2, 0.25) is 0 Å². The number of benzene rings is 1. The van der Waals surface area contributed by atoms with Gasteiger partial charge in [-0.2, -0.15) is 5.26 Å². The lowest BCUT2D eigenvalue weighted by Gasteiger charge is -2.20. The first-order chi connectivity index (χ1) is 13.1. The second-order valence-corrected chi connectivity index (χ2v) is 6.73. The van der Waals surface area contributed by atoms with Gasteiger partial charge in [0.1, 0.15) is 18.4 Å². The first-order valence-corrected chi connectivity index (χ1v) is 8.98. The van der Waals surface area contributed by atoms with Crippen molar-refractivity contribution in [3.8, 4) is 11.8 Å². The Kier molecular flexibility index (Phi) is 4.59. The number of aromatic nitrogens is 2. The van der Waals surface area contributed by atoms with E-state index in [2.05, 4.69) is 14.9 Å². The number of ether oxygens (including phenoxy) is 1. The molecule has 0 N–H and O–H groups in total. The standard InChI is InChI=1S/C21H19FN4O/c1-14-8-20(26-6-2-3-7-26)17-9-18(22)21(10-19(17)25-14)27-13-15-4-5-16(11-23)24-12-15/h4-5,8-10,12H,2-3,6-7,13H2,1H3. The molecule has 1 aromatic carbocycles. The zero-order valence-electron chi connectivity index (χ0n) is 15.1. The Labute approximate surface area is 157 Å². The molecule has 0 unspecified atom stereocenters. The normalized spacial score (nSPS) is 13.7. The number of rotatable bonds is 4. The van der Waals surface area contributed by atoms with Crippen molar-refractivity contribution in [2.24, 2.45) is 0 Å². The highest BCUT2D eigenvalue weighted by atomic mass is 19.1. The molecule has 5 nitrogen and oxygen atoms in total. The third kappa shape index (κ3) is 3.54. The van der Waals surface area contributed by atoms with E-state index in [0.29, 0.717) is 5.69 Å². The minimum Gasteiger partial charge on any atom is -0.486 e. The molecule has 0 bridgehead atoms. The Morgan fingerprint density at radius 3 is 2.74 bits per heavy atom. The van der Waals surface area contributed by atoms with E-state index in [0.717, 1.165) is 53.8 Å². The van der Waals surface area contributed by atoms with Crippen LogP contribution in [-0.2, 0) is 6.61 Å². The van der Waals surface area contributed by atoms with Crippen molar-refractivity contribution < 1.29 is 9.13 Å². The fourth-order valence-electron chi connectivity index (χ4n) is 3.41. The summed E-state index contributed by atoms with van der Waals surface area (Å²) in [4.78, 5) is 10.9. The van der Waals surface area contributed by atoms with E-state index < -0.39 is 5.82 Å². The van der Waals surface area contributed by atoms with Crippen LogP contribution in [0.1, 0.15) is 29.8 Å². The Bertz CT molecular complexity index is 1020. The number of pyridine rings is 2. The van der Waals surface area contributed by atoms with Crippen LogP contribution >= 0.6 is 0 Å². The molecule has 1 saturated heterocycles. The molecule has 3 aromatic rings. The lowest BCUT2D eigenvalue weighted by molar-refractivity contribution is 0.290. The van der Waals surface area contributed by atoms with Crippen molar-refractivity contribution in [1.29, 1.82) is 5.26 Å². The number of halogens is 1. The van der Waals surface area contributed by atoms with E-state index in [-0.39, 0.29) is 12.4 Å². The zero-order chi connectivity index (χ0) is 18.8. The van der Waals surface area contributed by atoms with Crippen molar-refractivity contribution in [3.05, 3.63) is 59.3 Å². The van der Waals surface area contributed by atoms with Gasteiger partial charge in [0.05, 0.1) is 5.52 Å². The van der Waals surface area contributed by atoms with Crippen molar-refractivity contribution in [2.75, 3.05) is 18.0 Å². The summed E-state index contributed by atoms with van der Waals surface area (Å²) in [5.41, 5.74) is 3.77. The quantitative estimate of drug-likeness (QED) is 0.698. The zero-order valence-corrected chi connectivity index (χ0v) is 15.1. The molecule has 0 spiro atoms. The molecule has 3 heterocycles. The van der Waals surface area contributed by atoms with Crippen molar-refractivity contribution in [2.45, 2.75) is 26.4 Å². The number of aryl methyl sites for hydroxylation is 1. The number of anilines is 1. The molecule has 1 fully saturated rings. The SMILES string of the molecule is Cc1cc(N2CCCC2)c2cc(F)c(OCc3ccc(C#N)nc3)cc2n1. The van der Waals surface area contributed by atoms with E-state index in [4.69, 9.17) is 10.00 Å². The molecule has 136 valence electrons. The first kappa shape index (κ1) is 17.2. The van der Waals surface area contributed by atoms with E-state index >= 15 is 0 Å².